The van der Waals surface area contributed by atoms with E-state index < -0.39 is 0 Å². The Labute approximate surface area is 119 Å². The van der Waals surface area contributed by atoms with Crippen LogP contribution in [0, 0.1) is 5.92 Å². The van der Waals surface area contributed by atoms with Gasteiger partial charge in [0.05, 0.1) is 5.02 Å². The number of halogens is 1. The molecule has 0 aromatic carbocycles. The van der Waals surface area contributed by atoms with Crippen LogP contribution in [0.15, 0.2) is 23.4 Å². The zero-order valence-electron chi connectivity index (χ0n) is 10.8. The molecule has 18 heavy (non-hydrogen) atoms. The van der Waals surface area contributed by atoms with E-state index in [0.717, 1.165) is 22.4 Å². The third-order valence-electron chi connectivity index (χ3n) is 3.64. The van der Waals surface area contributed by atoms with E-state index in [9.17, 15) is 0 Å². The first-order chi connectivity index (χ1) is 8.70. The van der Waals surface area contributed by atoms with Crippen molar-refractivity contribution in [1.29, 1.82) is 0 Å². The molecule has 1 aliphatic rings. The van der Waals surface area contributed by atoms with Crippen molar-refractivity contribution in [2.24, 2.45) is 11.7 Å². The fourth-order valence-electron chi connectivity index (χ4n) is 2.64. The quantitative estimate of drug-likeness (QED) is 0.904. The summed E-state index contributed by atoms with van der Waals surface area (Å²) in [6.45, 7) is 2.26. The molecule has 1 aromatic rings. The van der Waals surface area contributed by atoms with E-state index in [2.05, 4.69) is 11.9 Å². The Hall–Kier alpha value is -0.250. The monoisotopic (exact) mass is 284 g/mol. The van der Waals surface area contributed by atoms with Crippen molar-refractivity contribution in [3.63, 3.8) is 0 Å². The lowest BCUT2D eigenvalue weighted by Gasteiger charge is -2.33. The Balaban J connectivity index is 2.00. The minimum atomic E-state index is 0.279. The molecular formula is C14H21ClN2S. The molecule has 3 unspecified atom stereocenters. The van der Waals surface area contributed by atoms with E-state index in [4.69, 9.17) is 17.3 Å². The first kappa shape index (κ1) is 14.2. The van der Waals surface area contributed by atoms with Crippen LogP contribution in [0.5, 0.6) is 0 Å². The van der Waals surface area contributed by atoms with Gasteiger partial charge in [0, 0.05) is 17.5 Å². The number of hydrogen-bond acceptors (Lipinski definition) is 3. The maximum atomic E-state index is 6.24. The molecule has 1 heterocycles. The third-order valence-corrected chi connectivity index (χ3v) is 5.45. The molecule has 2 N–H and O–H groups in total. The highest BCUT2D eigenvalue weighted by molar-refractivity contribution is 8.00. The summed E-state index contributed by atoms with van der Waals surface area (Å²) in [5.41, 5.74) is 6.24. The molecule has 100 valence electrons. The lowest BCUT2D eigenvalue weighted by Crippen LogP contribution is -2.38. The fourth-order valence-corrected chi connectivity index (χ4v) is 4.17. The molecule has 0 amide bonds. The van der Waals surface area contributed by atoms with Crippen molar-refractivity contribution in [3.8, 4) is 0 Å². The largest absolute Gasteiger partial charge is 0.327 e. The average Bonchev–Trinajstić information content (AvgIpc) is 2.36. The molecule has 4 heteroatoms. The summed E-state index contributed by atoms with van der Waals surface area (Å²) in [4.78, 5) is 4.35. The SMILES string of the molecule is CCCC1CCC(N)C(Sc2ncccc2Cl)C1. The predicted molar refractivity (Wildman–Crippen MR) is 79.1 cm³/mol. The third kappa shape index (κ3) is 3.62. The van der Waals surface area contributed by atoms with Crippen molar-refractivity contribution < 1.29 is 0 Å². The zero-order chi connectivity index (χ0) is 13.0. The van der Waals surface area contributed by atoms with Gasteiger partial charge in [-0.15, -0.1) is 0 Å². The van der Waals surface area contributed by atoms with Crippen LogP contribution < -0.4 is 5.73 Å². The Morgan fingerprint density at radius 3 is 3.06 bits per heavy atom. The van der Waals surface area contributed by atoms with Crippen molar-refractivity contribution in [1.82, 2.24) is 4.98 Å². The summed E-state index contributed by atoms with van der Waals surface area (Å²) in [5.74, 6) is 0.829. The molecule has 1 saturated carbocycles. The smallest absolute Gasteiger partial charge is 0.115 e. The van der Waals surface area contributed by atoms with Crippen LogP contribution >= 0.6 is 23.4 Å². The second kappa shape index (κ2) is 6.78. The van der Waals surface area contributed by atoms with Crippen molar-refractivity contribution in [2.45, 2.75) is 55.3 Å². The standard InChI is InChI=1S/C14H21ClN2S/c1-2-4-10-6-7-12(16)13(9-10)18-14-11(15)5-3-8-17-14/h3,5,8,10,12-13H,2,4,6-7,9,16H2,1H3. The molecule has 0 aliphatic heterocycles. The van der Waals surface area contributed by atoms with E-state index in [1.807, 2.05) is 12.1 Å². The van der Waals surface area contributed by atoms with Gasteiger partial charge in [-0.1, -0.05) is 43.1 Å². The lowest BCUT2D eigenvalue weighted by molar-refractivity contribution is 0.316. The van der Waals surface area contributed by atoms with Gasteiger partial charge in [0.15, 0.2) is 0 Å². The molecule has 0 bridgehead atoms. The highest BCUT2D eigenvalue weighted by atomic mass is 35.5. The normalized spacial score (nSPS) is 28.3. The van der Waals surface area contributed by atoms with Gasteiger partial charge in [-0.05, 0) is 37.3 Å². The van der Waals surface area contributed by atoms with E-state index in [0.29, 0.717) is 5.25 Å². The van der Waals surface area contributed by atoms with Crippen LogP contribution in [-0.2, 0) is 0 Å². The van der Waals surface area contributed by atoms with Crippen molar-refractivity contribution in [3.05, 3.63) is 23.4 Å². The van der Waals surface area contributed by atoms with Crippen LogP contribution in [0.25, 0.3) is 0 Å². The second-order valence-corrected chi connectivity index (χ2v) is 6.71. The van der Waals surface area contributed by atoms with Crippen LogP contribution in [0.2, 0.25) is 5.02 Å². The summed E-state index contributed by atoms with van der Waals surface area (Å²) in [6.07, 6.45) is 7.99. The Kier molecular flexibility index (Phi) is 5.34. The number of hydrogen-bond donors (Lipinski definition) is 1. The van der Waals surface area contributed by atoms with Gasteiger partial charge in [-0.3, -0.25) is 0 Å². The van der Waals surface area contributed by atoms with Gasteiger partial charge in [0.1, 0.15) is 5.03 Å². The van der Waals surface area contributed by atoms with Gasteiger partial charge in [-0.25, -0.2) is 4.98 Å². The maximum absolute atomic E-state index is 6.24. The second-order valence-electron chi connectivity index (χ2n) is 5.08. The van der Waals surface area contributed by atoms with Crippen LogP contribution in [0.4, 0.5) is 0 Å². The van der Waals surface area contributed by atoms with Gasteiger partial charge in [-0.2, -0.15) is 0 Å². The molecule has 3 atom stereocenters. The van der Waals surface area contributed by atoms with Crippen LogP contribution in [-0.4, -0.2) is 16.3 Å². The minimum absolute atomic E-state index is 0.279. The summed E-state index contributed by atoms with van der Waals surface area (Å²) in [6, 6.07) is 4.04. The molecule has 1 aromatic heterocycles. The molecule has 2 rings (SSSR count). The molecule has 0 saturated heterocycles. The lowest BCUT2D eigenvalue weighted by atomic mass is 9.83. The van der Waals surface area contributed by atoms with Gasteiger partial charge in [0.25, 0.3) is 0 Å². The van der Waals surface area contributed by atoms with Gasteiger partial charge >= 0.3 is 0 Å². The topological polar surface area (TPSA) is 38.9 Å². The van der Waals surface area contributed by atoms with Crippen LogP contribution in [0.1, 0.15) is 39.0 Å². The summed E-state index contributed by atoms with van der Waals surface area (Å²) < 4.78 is 0. The Bertz CT molecular complexity index is 386. The summed E-state index contributed by atoms with van der Waals surface area (Å²) in [5, 5.41) is 2.13. The minimum Gasteiger partial charge on any atom is -0.327 e. The fraction of sp³-hybridized carbons (Fsp3) is 0.643. The van der Waals surface area contributed by atoms with E-state index in [1.165, 1.54) is 25.7 Å². The summed E-state index contributed by atoms with van der Waals surface area (Å²) in [7, 11) is 0. The van der Waals surface area contributed by atoms with Crippen molar-refractivity contribution in [2.75, 3.05) is 0 Å². The number of nitrogens with two attached hydrogens (primary N) is 1. The van der Waals surface area contributed by atoms with Crippen LogP contribution in [0.3, 0.4) is 0 Å². The summed E-state index contributed by atoms with van der Waals surface area (Å²) >= 11 is 7.93. The number of thioether (sulfide) groups is 1. The molecule has 1 fully saturated rings. The number of nitrogens with zero attached hydrogens (tertiary/aromatic N) is 1. The van der Waals surface area contributed by atoms with Gasteiger partial charge < -0.3 is 5.73 Å². The predicted octanol–water partition coefficient (Wildman–Crippen LogP) is 4.12. The Morgan fingerprint density at radius 2 is 2.33 bits per heavy atom. The first-order valence-electron chi connectivity index (χ1n) is 6.73. The van der Waals surface area contributed by atoms with Crippen molar-refractivity contribution >= 4 is 23.4 Å². The Morgan fingerprint density at radius 1 is 1.50 bits per heavy atom. The highest BCUT2D eigenvalue weighted by Gasteiger charge is 2.29. The number of pyridine rings is 1. The maximum Gasteiger partial charge on any atom is 0.115 e. The molecule has 0 spiro atoms. The highest BCUT2D eigenvalue weighted by Crippen LogP contribution is 2.38. The van der Waals surface area contributed by atoms with E-state index in [-0.39, 0.29) is 6.04 Å². The van der Waals surface area contributed by atoms with E-state index >= 15 is 0 Å². The number of aromatic nitrogens is 1. The molecular weight excluding hydrogens is 264 g/mol. The molecule has 0 radical (unpaired) electrons. The van der Waals surface area contributed by atoms with E-state index in [1.54, 1.807) is 18.0 Å². The first-order valence-corrected chi connectivity index (χ1v) is 7.99. The number of rotatable bonds is 4. The molecule has 1 aliphatic carbocycles. The molecule has 2 nitrogen and oxygen atoms in total. The van der Waals surface area contributed by atoms with Gasteiger partial charge in [0.2, 0.25) is 0 Å². The average molecular weight is 285 g/mol. The zero-order valence-corrected chi connectivity index (χ0v) is 12.4.